The Labute approximate surface area is 393 Å². The molecule has 0 saturated carbocycles. The van der Waals surface area contributed by atoms with Crippen molar-refractivity contribution < 1.29 is 0 Å². The number of hydrogen-bond acceptors (Lipinski definition) is 2. The van der Waals surface area contributed by atoms with Gasteiger partial charge in [-0.2, -0.15) is 0 Å². The van der Waals surface area contributed by atoms with Gasteiger partial charge in [0, 0.05) is 63.0 Å². The van der Waals surface area contributed by atoms with Gasteiger partial charge in [0.15, 0.2) is 0 Å². The van der Waals surface area contributed by atoms with E-state index in [4.69, 9.17) is 0 Å². The van der Waals surface area contributed by atoms with Gasteiger partial charge in [-0.05, 0) is 124 Å². The maximum atomic E-state index is 2.52. The molecule has 0 nitrogen and oxygen atoms in total. The van der Waals surface area contributed by atoms with E-state index in [2.05, 4.69) is 222 Å². The molecule has 10 aromatic carbocycles. The third-order valence-electron chi connectivity index (χ3n) is 15.3. The van der Waals surface area contributed by atoms with Gasteiger partial charge in [0.2, 0.25) is 0 Å². The molecule has 0 fully saturated rings. The van der Waals surface area contributed by atoms with Crippen molar-refractivity contribution in [2.24, 2.45) is 0 Å². The Balaban J connectivity index is 1.08. The van der Waals surface area contributed by atoms with Gasteiger partial charge in [-0.25, -0.2) is 0 Å². The smallest absolute Gasteiger partial charge is 0.0446 e. The molecule has 14 rings (SSSR count). The number of fused-ring (bicyclic) bond motifs is 11. The first kappa shape index (κ1) is 38.2. The van der Waals surface area contributed by atoms with E-state index in [0.717, 1.165) is 0 Å². The highest BCUT2D eigenvalue weighted by atomic mass is 32.1. The van der Waals surface area contributed by atoms with Gasteiger partial charge in [-0.15, -0.1) is 22.7 Å². The predicted molar refractivity (Wildman–Crippen MR) is 287 cm³/mol. The summed E-state index contributed by atoms with van der Waals surface area (Å²) in [5, 5.41) is 10.3. The van der Waals surface area contributed by atoms with E-state index >= 15 is 0 Å². The fourth-order valence-electron chi connectivity index (χ4n) is 12.1. The van der Waals surface area contributed by atoms with Gasteiger partial charge in [0.25, 0.3) is 0 Å². The van der Waals surface area contributed by atoms with Gasteiger partial charge in [-0.1, -0.05) is 185 Å². The van der Waals surface area contributed by atoms with Gasteiger partial charge < -0.3 is 0 Å². The summed E-state index contributed by atoms with van der Waals surface area (Å²) in [6.07, 6.45) is 0. The van der Waals surface area contributed by atoms with Crippen LogP contribution in [0.15, 0.2) is 194 Å². The number of thiophene rings is 2. The first-order chi connectivity index (χ1) is 32.3. The van der Waals surface area contributed by atoms with Crippen molar-refractivity contribution in [1.82, 2.24) is 0 Å². The van der Waals surface area contributed by atoms with E-state index in [9.17, 15) is 0 Å². The fraction of sp³-hybridized carbons (Fsp3) is 0.0938. The molecule has 0 amide bonds. The van der Waals surface area contributed by atoms with Crippen molar-refractivity contribution in [3.8, 4) is 65.4 Å². The molecule has 0 unspecified atom stereocenters. The van der Waals surface area contributed by atoms with Crippen LogP contribution >= 0.6 is 22.7 Å². The lowest BCUT2D eigenvalue weighted by atomic mass is 9.81. The maximum Gasteiger partial charge on any atom is 0.0446 e. The fourth-order valence-corrected chi connectivity index (χ4v) is 14.7. The second kappa shape index (κ2) is 13.7. The molecule has 2 heterocycles. The standard InChI is InChI=1S/C64H44S2/c1-63(2)51-25-13-9-19-41(51)43-31-29-39(35-53(43)63)57-47-23-11-15-27-55(47)65-61(57)59-45-21-7-8-22-46(45)60(50-34-38-18-6-5-17-37(38)33-49(50)59)62-58(48-24-12-16-28-56(48)66-62)40-30-32-44-42-20-10-14-26-52(42)64(3,4)54(44)36-40/h5-36H,1-4H3. The van der Waals surface area contributed by atoms with Crippen LogP contribution in [0.3, 0.4) is 0 Å². The molecular formula is C64H44S2. The van der Waals surface area contributed by atoms with Crippen LogP contribution in [-0.2, 0) is 10.8 Å². The van der Waals surface area contributed by atoms with Crippen LogP contribution in [0.4, 0.5) is 0 Å². The minimum Gasteiger partial charge on any atom is -0.134 e. The third-order valence-corrected chi connectivity index (χ3v) is 17.7. The Kier molecular flexibility index (Phi) is 7.94. The number of benzene rings is 10. The normalized spacial score (nSPS) is 14.3. The molecule has 2 heteroatoms. The van der Waals surface area contributed by atoms with E-state index < -0.39 is 0 Å². The van der Waals surface area contributed by atoms with E-state index in [-0.39, 0.29) is 10.8 Å². The third kappa shape index (κ3) is 5.20. The summed E-state index contributed by atoms with van der Waals surface area (Å²) in [6, 6.07) is 73.9. The van der Waals surface area contributed by atoms with Crippen molar-refractivity contribution in [2.45, 2.75) is 38.5 Å². The zero-order valence-electron chi connectivity index (χ0n) is 37.3. The van der Waals surface area contributed by atoms with Crippen LogP contribution in [0.1, 0.15) is 49.9 Å². The second-order valence-electron chi connectivity index (χ2n) is 19.5. The summed E-state index contributed by atoms with van der Waals surface area (Å²) in [4.78, 5) is 2.65. The van der Waals surface area contributed by atoms with E-state index in [1.807, 2.05) is 22.7 Å². The summed E-state index contributed by atoms with van der Waals surface area (Å²) in [7, 11) is 0. The molecule has 0 N–H and O–H groups in total. The molecule has 2 aliphatic carbocycles. The minimum absolute atomic E-state index is 0.103. The Morgan fingerprint density at radius 1 is 0.288 bits per heavy atom. The Bertz CT molecular complexity index is 3790. The summed E-state index contributed by atoms with van der Waals surface area (Å²) in [5.74, 6) is 0. The van der Waals surface area contributed by atoms with Crippen molar-refractivity contribution in [3.63, 3.8) is 0 Å². The molecule has 312 valence electrons. The van der Waals surface area contributed by atoms with Crippen molar-refractivity contribution >= 4 is 75.2 Å². The van der Waals surface area contributed by atoms with E-state index in [1.165, 1.54) is 140 Å². The monoisotopic (exact) mass is 876 g/mol. The molecular weight excluding hydrogens is 833 g/mol. The second-order valence-corrected chi connectivity index (χ2v) is 21.6. The predicted octanol–water partition coefficient (Wildman–Crippen LogP) is 18.9. The SMILES string of the molecule is CC1(C)c2ccccc2-c2ccc(-c3c(-c4c5ccccc5c(-c5sc6ccccc6c5-c5ccc6c(c5)C(C)(C)c5ccccc5-6)c5cc6ccccc6cc45)sc4ccccc34)cc21. The van der Waals surface area contributed by atoms with Crippen LogP contribution in [-0.4, -0.2) is 0 Å². The Hall–Kier alpha value is -7.10. The average molecular weight is 877 g/mol. The summed E-state index contributed by atoms with van der Waals surface area (Å²) >= 11 is 3.88. The van der Waals surface area contributed by atoms with Crippen LogP contribution in [0.5, 0.6) is 0 Å². The maximum absolute atomic E-state index is 2.52. The Morgan fingerprint density at radius 3 is 1.11 bits per heavy atom. The molecule has 0 radical (unpaired) electrons. The highest BCUT2D eigenvalue weighted by Gasteiger charge is 2.37. The van der Waals surface area contributed by atoms with Crippen LogP contribution in [0.2, 0.25) is 0 Å². The van der Waals surface area contributed by atoms with Crippen molar-refractivity contribution in [3.05, 3.63) is 216 Å². The summed E-state index contributed by atoms with van der Waals surface area (Å²) < 4.78 is 2.61. The molecule has 66 heavy (non-hydrogen) atoms. The van der Waals surface area contributed by atoms with Gasteiger partial charge >= 0.3 is 0 Å². The highest BCUT2D eigenvalue weighted by molar-refractivity contribution is 7.23. The molecule has 0 bridgehead atoms. The summed E-state index contributed by atoms with van der Waals surface area (Å²) in [6.45, 7) is 9.57. The molecule has 2 aliphatic rings. The topological polar surface area (TPSA) is 0 Å². The van der Waals surface area contributed by atoms with Crippen molar-refractivity contribution in [2.75, 3.05) is 0 Å². The number of rotatable bonds is 4. The lowest BCUT2D eigenvalue weighted by Crippen LogP contribution is -2.14. The lowest BCUT2D eigenvalue weighted by Gasteiger charge is -2.23. The highest BCUT2D eigenvalue weighted by Crippen LogP contribution is 2.57. The molecule has 0 atom stereocenters. The molecule has 0 saturated heterocycles. The first-order valence-electron chi connectivity index (χ1n) is 23.2. The quantitative estimate of drug-likeness (QED) is 0.155. The van der Waals surface area contributed by atoms with Crippen LogP contribution in [0.25, 0.3) is 118 Å². The van der Waals surface area contributed by atoms with Gasteiger partial charge in [0.05, 0.1) is 0 Å². The molecule has 12 aromatic rings. The molecule has 2 aromatic heterocycles. The minimum atomic E-state index is -0.103. The largest absolute Gasteiger partial charge is 0.134 e. The number of hydrogen-bond donors (Lipinski definition) is 0. The molecule has 0 aliphatic heterocycles. The van der Waals surface area contributed by atoms with Gasteiger partial charge in [0.1, 0.15) is 0 Å². The lowest BCUT2D eigenvalue weighted by molar-refractivity contribution is 0.660. The average Bonchev–Trinajstić information content (AvgIpc) is 4.05. The van der Waals surface area contributed by atoms with Crippen LogP contribution < -0.4 is 0 Å². The van der Waals surface area contributed by atoms with E-state index in [0.29, 0.717) is 0 Å². The zero-order valence-corrected chi connectivity index (χ0v) is 38.9. The van der Waals surface area contributed by atoms with Crippen LogP contribution in [0, 0.1) is 0 Å². The first-order valence-corrected chi connectivity index (χ1v) is 24.8. The van der Waals surface area contributed by atoms with Gasteiger partial charge in [-0.3, -0.25) is 0 Å². The zero-order chi connectivity index (χ0) is 44.1. The van der Waals surface area contributed by atoms with Crippen molar-refractivity contribution in [1.29, 1.82) is 0 Å². The Morgan fingerprint density at radius 2 is 0.652 bits per heavy atom. The molecule has 0 spiro atoms. The van der Waals surface area contributed by atoms with E-state index in [1.54, 1.807) is 0 Å². The summed E-state index contributed by atoms with van der Waals surface area (Å²) in [5.41, 5.74) is 18.6.